The minimum Gasteiger partial charge on any atom is -0.444 e. The molecule has 0 saturated carbocycles. The number of unbranched alkanes of at least 4 members (excludes halogenated alkanes) is 1. The average molecular weight is 562 g/mol. The van der Waals surface area contributed by atoms with E-state index >= 15 is 0 Å². The second-order valence-corrected chi connectivity index (χ2v) is 12.2. The minimum atomic E-state index is -0.980. The Labute approximate surface area is 236 Å². The van der Waals surface area contributed by atoms with Gasteiger partial charge in [0.15, 0.2) is 0 Å². The van der Waals surface area contributed by atoms with Gasteiger partial charge in [-0.05, 0) is 96.6 Å². The standard InChI is InChI=1S/C29H44ClN5O4/c1-29(2,3)39-28(38)33-24(9-5-8-15-34-13-6-4-7-14-34)27(37)35-16-12-25(35)26(36)32-18-20-10-11-23-21(17-20)22(30)19-31-23/h10-11,17,19,24-25,27,31,37H,4-9,12-16,18H2,1-3H3,(H,32,36)(H,33,38)/t24-,25+,27?/m1/s1. The van der Waals surface area contributed by atoms with Gasteiger partial charge in [-0.3, -0.25) is 9.69 Å². The van der Waals surface area contributed by atoms with Crippen molar-refractivity contribution in [3.8, 4) is 0 Å². The van der Waals surface area contributed by atoms with Gasteiger partial charge in [-0.15, -0.1) is 0 Å². The molecule has 0 radical (unpaired) electrons. The van der Waals surface area contributed by atoms with Crippen LogP contribution in [0.25, 0.3) is 10.9 Å². The molecule has 2 aromatic rings. The van der Waals surface area contributed by atoms with Gasteiger partial charge in [-0.1, -0.05) is 24.1 Å². The molecule has 4 rings (SSSR count). The van der Waals surface area contributed by atoms with Gasteiger partial charge in [0.05, 0.1) is 17.1 Å². The number of aromatic amines is 1. The largest absolute Gasteiger partial charge is 0.444 e. The SMILES string of the molecule is CC(C)(C)OC(=O)N[C@H](CCCCN1CCCCC1)C(O)N1CC[C@H]1C(=O)NCc1ccc2[nH]cc(Cl)c2c1. The van der Waals surface area contributed by atoms with Crippen molar-refractivity contribution in [1.82, 2.24) is 25.4 Å². The number of aromatic nitrogens is 1. The van der Waals surface area contributed by atoms with Crippen LogP contribution in [0.3, 0.4) is 0 Å². The lowest BCUT2D eigenvalue weighted by Crippen LogP contribution is -2.64. The van der Waals surface area contributed by atoms with E-state index in [1.165, 1.54) is 19.3 Å². The van der Waals surface area contributed by atoms with Crippen LogP contribution < -0.4 is 10.6 Å². The third-order valence-electron chi connectivity index (χ3n) is 7.62. The number of likely N-dealkylation sites (tertiary alicyclic amines) is 2. The van der Waals surface area contributed by atoms with Crippen LogP contribution in [0, 0.1) is 0 Å². The summed E-state index contributed by atoms with van der Waals surface area (Å²) in [6, 6.07) is 4.88. The van der Waals surface area contributed by atoms with Crippen molar-refractivity contribution in [2.24, 2.45) is 0 Å². The molecular formula is C29H44ClN5O4. The predicted molar refractivity (Wildman–Crippen MR) is 154 cm³/mol. The Balaban J connectivity index is 1.32. The van der Waals surface area contributed by atoms with Crippen LogP contribution in [-0.4, -0.2) is 82.0 Å². The van der Waals surface area contributed by atoms with Crippen LogP contribution in [0.15, 0.2) is 24.4 Å². The van der Waals surface area contributed by atoms with Crippen molar-refractivity contribution in [2.45, 2.75) is 96.2 Å². The molecule has 2 aliphatic heterocycles. The summed E-state index contributed by atoms with van der Waals surface area (Å²) in [6.07, 6.45) is 7.17. The number of halogens is 1. The molecule has 39 heavy (non-hydrogen) atoms. The molecule has 2 fully saturated rings. The zero-order valence-electron chi connectivity index (χ0n) is 23.5. The lowest BCUT2D eigenvalue weighted by molar-refractivity contribution is -0.145. The van der Waals surface area contributed by atoms with E-state index in [1.807, 2.05) is 39.0 Å². The molecule has 2 amide bonds. The van der Waals surface area contributed by atoms with E-state index in [2.05, 4.69) is 20.5 Å². The fourth-order valence-corrected chi connectivity index (χ4v) is 5.64. The van der Waals surface area contributed by atoms with Crippen molar-refractivity contribution in [2.75, 3.05) is 26.2 Å². The van der Waals surface area contributed by atoms with E-state index in [0.29, 0.717) is 31.0 Å². The van der Waals surface area contributed by atoms with Crippen LogP contribution in [0.1, 0.15) is 71.3 Å². The van der Waals surface area contributed by atoms with Crippen molar-refractivity contribution >= 4 is 34.5 Å². The Hall–Kier alpha value is -2.33. The number of fused-ring (bicyclic) bond motifs is 1. The molecule has 3 heterocycles. The zero-order chi connectivity index (χ0) is 28.0. The van der Waals surface area contributed by atoms with Gasteiger partial charge in [0, 0.05) is 30.2 Å². The summed E-state index contributed by atoms with van der Waals surface area (Å²) in [5, 5.41) is 18.7. The van der Waals surface area contributed by atoms with Gasteiger partial charge >= 0.3 is 6.09 Å². The Morgan fingerprint density at radius 3 is 2.64 bits per heavy atom. The van der Waals surface area contributed by atoms with Gasteiger partial charge < -0.3 is 30.4 Å². The number of hydrogen-bond acceptors (Lipinski definition) is 6. The maximum absolute atomic E-state index is 13.0. The number of ether oxygens (including phenoxy) is 1. The number of alkyl carbamates (subject to hydrolysis) is 1. The number of H-pyrrole nitrogens is 1. The highest BCUT2D eigenvalue weighted by Gasteiger charge is 2.41. The maximum atomic E-state index is 13.0. The lowest BCUT2D eigenvalue weighted by atomic mass is 9.97. The van der Waals surface area contributed by atoms with E-state index in [4.69, 9.17) is 16.3 Å². The molecule has 0 aliphatic carbocycles. The summed E-state index contributed by atoms with van der Waals surface area (Å²) in [6.45, 7) is 9.73. The highest BCUT2D eigenvalue weighted by molar-refractivity contribution is 6.35. The lowest BCUT2D eigenvalue weighted by Gasteiger charge is -2.45. The Bertz CT molecular complexity index is 1110. The number of piperidine rings is 1. The highest BCUT2D eigenvalue weighted by Crippen LogP contribution is 2.26. The summed E-state index contributed by atoms with van der Waals surface area (Å²) >= 11 is 6.23. The van der Waals surface area contributed by atoms with E-state index in [0.717, 1.165) is 48.9 Å². The quantitative estimate of drug-likeness (QED) is 0.303. The first-order valence-electron chi connectivity index (χ1n) is 14.3. The molecule has 0 spiro atoms. The van der Waals surface area contributed by atoms with Crippen LogP contribution in [0.5, 0.6) is 0 Å². The van der Waals surface area contributed by atoms with Crippen LogP contribution in [0.4, 0.5) is 4.79 Å². The topological polar surface area (TPSA) is 110 Å². The Kier molecular flexibility index (Phi) is 10.1. The molecular weight excluding hydrogens is 518 g/mol. The van der Waals surface area contributed by atoms with Crippen LogP contribution in [-0.2, 0) is 16.1 Å². The minimum absolute atomic E-state index is 0.137. The number of aliphatic hydroxyl groups excluding tert-OH is 1. The molecule has 4 N–H and O–H groups in total. The summed E-state index contributed by atoms with van der Waals surface area (Å²) in [4.78, 5) is 33.0. The van der Waals surface area contributed by atoms with Crippen molar-refractivity contribution in [3.63, 3.8) is 0 Å². The van der Waals surface area contributed by atoms with Crippen LogP contribution in [0.2, 0.25) is 5.02 Å². The smallest absolute Gasteiger partial charge is 0.408 e. The molecule has 2 aliphatic rings. The first-order chi connectivity index (χ1) is 18.6. The fourth-order valence-electron chi connectivity index (χ4n) is 5.42. The van der Waals surface area contributed by atoms with Gasteiger partial charge in [0.2, 0.25) is 5.91 Å². The third-order valence-corrected chi connectivity index (χ3v) is 7.93. The number of carbonyl (C=O) groups is 2. The molecule has 1 aromatic carbocycles. The molecule has 10 heteroatoms. The molecule has 1 aromatic heterocycles. The number of hydrogen-bond donors (Lipinski definition) is 4. The van der Waals surface area contributed by atoms with E-state index in [-0.39, 0.29) is 5.91 Å². The summed E-state index contributed by atoms with van der Waals surface area (Å²) < 4.78 is 5.47. The monoisotopic (exact) mass is 561 g/mol. The van der Waals surface area contributed by atoms with Gasteiger partial charge in [0.25, 0.3) is 0 Å². The summed E-state index contributed by atoms with van der Waals surface area (Å²) in [5.74, 6) is -0.137. The van der Waals surface area contributed by atoms with Gasteiger partial charge in [-0.2, -0.15) is 0 Å². The number of rotatable bonds is 11. The molecule has 9 nitrogen and oxygen atoms in total. The number of nitrogens with zero attached hydrogens (tertiary/aromatic N) is 2. The summed E-state index contributed by atoms with van der Waals surface area (Å²) in [5.41, 5.74) is 1.26. The second kappa shape index (κ2) is 13.4. The first kappa shape index (κ1) is 29.6. The maximum Gasteiger partial charge on any atom is 0.408 e. The number of nitrogens with one attached hydrogen (secondary N) is 3. The van der Waals surface area contributed by atoms with E-state index in [9.17, 15) is 14.7 Å². The van der Waals surface area contributed by atoms with Crippen molar-refractivity contribution in [1.29, 1.82) is 0 Å². The number of aliphatic hydroxyl groups is 1. The third kappa shape index (κ3) is 8.33. The normalized spacial score (nSPS) is 20.3. The molecule has 2 saturated heterocycles. The number of carbonyl (C=O) groups excluding carboxylic acids is 2. The van der Waals surface area contributed by atoms with Crippen LogP contribution >= 0.6 is 11.6 Å². The number of amides is 2. The van der Waals surface area contributed by atoms with E-state index < -0.39 is 30.0 Å². The Morgan fingerprint density at radius 1 is 1.18 bits per heavy atom. The number of benzene rings is 1. The van der Waals surface area contributed by atoms with Gasteiger partial charge in [0.1, 0.15) is 11.8 Å². The molecule has 0 bridgehead atoms. The molecule has 216 valence electrons. The summed E-state index contributed by atoms with van der Waals surface area (Å²) in [7, 11) is 0. The van der Waals surface area contributed by atoms with Gasteiger partial charge in [-0.25, -0.2) is 4.79 Å². The average Bonchev–Trinajstić information content (AvgIpc) is 3.23. The first-order valence-corrected chi connectivity index (χ1v) is 14.7. The highest BCUT2D eigenvalue weighted by atomic mass is 35.5. The van der Waals surface area contributed by atoms with Crippen molar-refractivity contribution < 1.29 is 19.4 Å². The molecule has 3 atom stereocenters. The Morgan fingerprint density at radius 2 is 1.95 bits per heavy atom. The zero-order valence-corrected chi connectivity index (χ0v) is 24.2. The predicted octanol–water partition coefficient (Wildman–Crippen LogP) is 4.38. The van der Waals surface area contributed by atoms with E-state index in [1.54, 1.807) is 11.1 Å². The fraction of sp³-hybridized carbons (Fsp3) is 0.655. The molecule has 1 unspecified atom stereocenters. The second-order valence-electron chi connectivity index (χ2n) is 11.8. The van der Waals surface area contributed by atoms with Crippen molar-refractivity contribution in [3.05, 3.63) is 35.0 Å².